The van der Waals surface area contributed by atoms with E-state index in [9.17, 15) is 8.42 Å². The molecule has 116 valence electrons. The smallest absolute Gasteiger partial charge is 0.344 e. The van der Waals surface area contributed by atoms with Crippen LogP contribution < -0.4 is 6.15 Å². The number of rotatable bonds is 7. The Bertz CT molecular complexity index is 526. The summed E-state index contributed by atoms with van der Waals surface area (Å²) < 4.78 is 31.5. The zero-order valence-electron chi connectivity index (χ0n) is 12.7. The first-order valence-corrected chi connectivity index (χ1v) is 7.89. The van der Waals surface area contributed by atoms with E-state index in [4.69, 9.17) is 4.18 Å². The van der Waals surface area contributed by atoms with E-state index in [-0.39, 0.29) is 12.8 Å². The first-order valence-electron chi connectivity index (χ1n) is 6.56. The van der Waals surface area contributed by atoms with Crippen molar-refractivity contribution in [2.24, 2.45) is 0 Å². The second-order valence-corrected chi connectivity index (χ2v) is 5.62. The average Bonchev–Trinajstić information content (AvgIpc) is 2.43. The molecular formula is C14H25NO4S. The van der Waals surface area contributed by atoms with Crippen LogP contribution >= 0.6 is 0 Å². The van der Waals surface area contributed by atoms with Crippen LogP contribution in [0.1, 0.15) is 43.0 Å². The molecule has 0 unspecified atom stereocenters. The molecule has 1 rings (SSSR count). The molecule has 0 heterocycles. The van der Waals surface area contributed by atoms with E-state index in [0.717, 1.165) is 31.9 Å². The highest BCUT2D eigenvalue weighted by atomic mass is 32.3. The van der Waals surface area contributed by atoms with Gasteiger partial charge in [0.25, 0.3) is 0 Å². The molecule has 0 aliphatic rings. The quantitative estimate of drug-likeness (QED) is 0.836. The van der Waals surface area contributed by atoms with E-state index in [1.54, 1.807) is 0 Å². The maximum Gasteiger partial charge on any atom is 0.399 e. The normalized spacial score (nSPS) is 11.2. The first kappa shape index (κ1) is 19.1. The minimum Gasteiger partial charge on any atom is -0.344 e. The van der Waals surface area contributed by atoms with Crippen molar-refractivity contribution >= 4 is 10.4 Å². The van der Waals surface area contributed by atoms with Crippen LogP contribution in [0.4, 0.5) is 0 Å². The van der Waals surface area contributed by atoms with E-state index in [1.807, 2.05) is 6.07 Å². The highest BCUT2D eigenvalue weighted by Crippen LogP contribution is 2.23. The third-order valence-corrected chi connectivity index (χ3v) is 4.09. The Hall–Kier alpha value is -0.950. The Labute approximate surface area is 122 Å². The third-order valence-electron chi connectivity index (χ3n) is 3.28. The highest BCUT2D eigenvalue weighted by Gasteiger charge is 2.14. The molecular weight excluding hydrogens is 278 g/mol. The predicted molar refractivity (Wildman–Crippen MR) is 80.3 cm³/mol. The van der Waals surface area contributed by atoms with Gasteiger partial charge in [0.05, 0.1) is 13.7 Å². The van der Waals surface area contributed by atoms with E-state index in [1.165, 1.54) is 16.7 Å². The summed E-state index contributed by atoms with van der Waals surface area (Å²) in [6, 6.07) is 4.00. The number of aryl methyl sites for hydroxylation is 1. The van der Waals surface area contributed by atoms with Gasteiger partial charge in [0.15, 0.2) is 0 Å². The lowest BCUT2D eigenvalue weighted by Crippen LogP contribution is -2.10. The Kier molecular flexibility index (Phi) is 7.96. The van der Waals surface area contributed by atoms with Gasteiger partial charge in [0, 0.05) is 0 Å². The van der Waals surface area contributed by atoms with Gasteiger partial charge in [0.2, 0.25) is 0 Å². The summed E-state index contributed by atoms with van der Waals surface area (Å²) in [5.74, 6) is 0. The Morgan fingerprint density at radius 2 is 1.45 bits per heavy atom. The molecule has 20 heavy (non-hydrogen) atoms. The molecule has 0 radical (unpaired) electrons. The molecule has 1 aromatic rings. The summed E-state index contributed by atoms with van der Waals surface area (Å²) in [7, 11) is -2.79. The van der Waals surface area contributed by atoms with Crippen LogP contribution in [0.15, 0.2) is 12.1 Å². The topological polar surface area (TPSA) is 87.6 Å². The average molecular weight is 303 g/mol. The Morgan fingerprint density at radius 1 is 0.950 bits per heavy atom. The molecule has 0 amide bonds. The molecule has 0 saturated carbocycles. The Balaban J connectivity index is 0.00000361. The standard InChI is InChI=1S/C14H22O4S.H3N/c1-5-11-8-9-12(10-18-19(15,16)17-4)14(7-3)13(11)6-2;/h8-9H,5-7,10H2,1-4H3;1H3. The third kappa shape index (κ3) is 4.56. The summed E-state index contributed by atoms with van der Waals surface area (Å²) >= 11 is 0. The van der Waals surface area contributed by atoms with Crippen LogP contribution in [0.25, 0.3) is 0 Å². The first-order chi connectivity index (χ1) is 8.99. The largest absolute Gasteiger partial charge is 0.399 e. The fraction of sp³-hybridized carbons (Fsp3) is 0.571. The van der Waals surface area contributed by atoms with Crippen LogP contribution in [0, 0.1) is 0 Å². The SMILES string of the molecule is CCc1ccc(COS(=O)(=O)OC)c(CC)c1CC.N. The summed E-state index contributed by atoms with van der Waals surface area (Å²) in [6.07, 6.45) is 2.79. The van der Waals surface area contributed by atoms with Crippen molar-refractivity contribution in [2.45, 2.75) is 46.6 Å². The van der Waals surface area contributed by atoms with Crippen LogP contribution in [-0.2, 0) is 44.6 Å². The number of hydrogen-bond donors (Lipinski definition) is 1. The van der Waals surface area contributed by atoms with Crippen molar-refractivity contribution in [1.82, 2.24) is 6.15 Å². The second kappa shape index (κ2) is 8.36. The van der Waals surface area contributed by atoms with Gasteiger partial charge in [0.1, 0.15) is 0 Å². The molecule has 0 spiro atoms. The lowest BCUT2D eigenvalue weighted by Gasteiger charge is -2.16. The predicted octanol–water partition coefficient (Wildman–Crippen LogP) is 2.94. The van der Waals surface area contributed by atoms with Crippen molar-refractivity contribution in [3.05, 3.63) is 34.4 Å². The fourth-order valence-corrected chi connectivity index (χ4v) is 2.69. The molecule has 3 N–H and O–H groups in total. The molecule has 0 aliphatic carbocycles. The van der Waals surface area contributed by atoms with Gasteiger partial charge < -0.3 is 6.15 Å². The van der Waals surface area contributed by atoms with Crippen LogP contribution in [-0.4, -0.2) is 15.5 Å². The van der Waals surface area contributed by atoms with Crippen molar-refractivity contribution in [2.75, 3.05) is 7.11 Å². The van der Waals surface area contributed by atoms with Crippen LogP contribution in [0.2, 0.25) is 0 Å². The maximum absolute atomic E-state index is 11.2. The molecule has 0 aromatic heterocycles. The minimum atomic E-state index is -3.88. The van der Waals surface area contributed by atoms with Crippen molar-refractivity contribution in [3.63, 3.8) is 0 Å². The molecule has 0 atom stereocenters. The Morgan fingerprint density at radius 3 is 1.90 bits per heavy atom. The molecule has 0 aliphatic heterocycles. The summed E-state index contributed by atoms with van der Waals surface area (Å²) in [5, 5.41) is 0. The summed E-state index contributed by atoms with van der Waals surface area (Å²) in [6.45, 7) is 6.34. The molecule has 5 nitrogen and oxygen atoms in total. The second-order valence-electron chi connectivity index (χ2n) is 4.24. The highest BCUT2D eigenvalue weighted by molar-refractivity contribution is 7.81. The summed E-state index contributed by atoms with van der Waals surface area (Å²) in [4.78, 5) is 0. The van der Waals surface area contributed by atoms with Gasteiger partial charge in [-0.15, -0.1) is 0 Å². The van der Waals surface area contributed by atoms with E-state index >= 15 is 0 Å². The molecule has 1 aromatic carbocycles. The van der Waals surface area contributed by atoms with Gasteiger partial charge in [-0.2, -0.15) is 8.42 Å². The zero-order chi connectivity index (χ0) is 14.5. The minimum absolute atomic E-state index is 0. The lowest BCUT2D eigenvalue weighted by atomic mass is 9.92. The monoisotopic (exact) mass is 303 g/mol. The number of benzene rings is 1. The molecule has 0 fully saturated rings. The van der Waals surface area contributed by atoms with Gasteiger partial charge in [-0.05, 0) is 41.5 Å². The molecule has 6 heteroatoms. The van der Waals surface area contributed by atoms with Crippen molar-refractivity contribution in [3.8, 4) is 0 Å². The van der Waals surface area contributed by atoms with E-state index < -0.39 is 10.4 Å². The fourth-order valence-electron chi connectivity index (χ4n) is 2.32. The zero-order valence-corrected chi connectivity index (χ0v) is 13.5. The molecule has 0 bridgehead atoms. The van der Waals surface area contributed by atoms with Gasteiger partial charge >= 0.3 is 10.4 Å². The lowest BCUT2D eigenvalue weighted by molar-refractivity contribution is 0.235. The van der Waals surface area contributed by atoms with E-state index in [0.29, 0.717) is 0 Å². The van der Waals surface area contributed by atoms with Crippen molar-refractivity contribution in [1.29, 1.82) is 0 Å². The maximum atomic E-state index is 11.2. The van der Waals surface area contributed by atoms with Gasteiger partial charge in [-0.25, -0.2) is 4.18 Å². The van der Waals surface area contributed by atoms with E-state index in [2.05, 4.69) is 31.0 Å². The summed E-state index contributed by atoms with van der Waals surface area (Å²) in [5.41, 5.74) is 4.73. The van der Waals surface area contributed by atoms with Crippen LogP contribution in [0.3, 0.4) is 0 Å². The molecule has 0 saturated heterocycles. The van der Waals surface area contributed by atoms with Gasteiger partial charge in [-0.1, -0.05) is 32.9 Å². The number of hydrogen-bond acceptors (Lipinski definition) is 5. The van der Waals surface area contributed by atoms with Crippen LogP contribution in [0.5, 0.6) is 0 Å². The van der Waals surface area contributed by atoms with Gasteiger partial charge in [-0.3, -0.25) is 4.18 Å². The van der Waals surface area contributed by atoms with Crippen molar-refractivity contribution < 1.29 is 16.8 Å².